The van der Waals surface area contributed by atoms with Gasteiger partial charge in [-0.3, -0.25) is 4.68 Å². The number of aromatic nitrogens is 2. The molecule has 0 saturated carbocycles. The molecule has 0 aromatic carbocycles. The predicted molar refractivity (Wildman–Crippen MR) is 71.1 cm³/mol. The van der Waals surface area contributed by atoms with Crippen molar-refractivity contribution in [2.24, 2.45) is 12.5 Å². The van der Waals surface area contributed by atoms with Gasteiger partial charge in [-0.1, -0.05) is 13.3 Å². The molecule has 0 unspecified atom stereocenters. The third-order valence-electron chi connectivity index (χ3n) is 3.91. The van der Waals surface area contributed by atoms with Gasteiger partial charge in [0.2, 0.25) is 0 Å². The summed E-state index contributed by atoms with van der Waals surface area (Å²) in [6, 6.07) is 2.04. The Morgan fingerprint density at radius 3 is 2.82 bits per heavy atom. The zero-order valence-corrected chi connectivity index (χ0v) is 11.0. The standard InChI is InChI=1S/C13H24N4/c1-3-5-13(6-9-14-10-7-13)11-15-12-4-8-16-17(12)2/h4,8,14-15H,3,5-7,9-11H2,1-2H3. The van der Waals surface area contributed by atoms with Crippen LogP contribution in [-0.4, -0.2) is 29.4 Å². The number of hydrogen-bond acceptors (Lipinski definition) is 3. The van der Waals surface area contributed by atoms with E-state index in [2.05, 4.69) is 22.7 Å². The Kier molecular flexibility index (Phi) is 4.05. The lowest BCUT2D eigenvalue weighted by Crippen LogP contribution is -2.41. The third kappa shape index (κ3) is 3.00. The second kappa shape index (κ2) is 5.54. The van der Waals surface area contributed by atoms with Crippen molar-refractivity contribution >= 4 is 5.82 Å². The molecule has 2 heterocycles. The summed E-state index contributed by atoms with van der Waals surface area (Å²) in [5.74, 6) is 1.12. The summed E-state index contributed by atoms with van der Waals surface area (Å²) < 4.78 is 1.90. The van der Waals surface area contributed by atoms with Gasteiger partial charge < -0.3 is 10.6 Å². The molecule has 1 aliphatic heterocycles. The molecule has 1 aliphatic rings. The third-order valence-corrected chi connectivity index (χ3v) is 3.91. The lowest BCUT2D eigenvalue weighted by Gasteiger charge is -2.38. The molecule has 2 rings (SSSR count). The number of aryl methyl sites for hydroxylation is 1. The van der Waals surface area contributed by atoms with E-state index in [1.165, 1.54) is 25.7 Å². The fraction of sp³-hybridized carbons (Fsp3) is 0.769. The van der Waals surface area contributed by atoms with Crippen LogP contribution in [0.15, 0.2) is 12.3 Å². The van der Waals surface area contributed by atoms with Crippen molar-refractivity contribution in [2.75, 3.05) is 25.0 Å². The molecular weight excluding hydrogens is 212 g/mol. The van der Waals surface area contributed by atoms with E-state index in [0.29, 0.717) is 5.41 Å². The average molecular weight is 236 g/mol. The van der Waals surface area contributed by atoms with Crippen molar-refractivity contribution in [1.82, 2.24) is 15.1 Å². The smallest absolute Gasteiger partial charge is 0.123 e. The van der Waals surface area contributed by atoms with E-state index in [1.54, 1.807) is 0 Å². The van der Waals surface area contributed by atoms with Gasteiger partial charge in [-0.2, -0.15) is 5.10 Å². The highest BCUT2D eigenvalue weighted by Crippen LogP contribution is 2.34. The maximum absolute atomic E-state index is 4.19. The molecular formula is C13H24N4. The van der Waals surface area contributed by atoms with Crippen LogP contribution in [-0.2, 0) is 7.05 Å². The summed E-state index contributed by atoms with van der Waals surface area (Å²) in [4.78, 5) is 0. The minimum atomic E-state index is 0.476. The molecule has 1 aromatic rings. The van der Waals surface area contributed by atoms with Crippen molar-refractivity contribution in [3.63, 3.8) is 0 Å². The van der Waals surface area contributed by atoms with Crippen LogP contribution in [0.1, 0.15) is 32.6 Å². The van der Waals surface area contributed by atoms with Crippen LogP contribution in [0, 0.1) is 5.41 Å². The lowest BCUT2D eigenvalue weighted by molar-refractivity contribution is 0.199. The molecule has 17 heavy (non-hydrogen) atoms. The Morgan fingerprint density at radius 1 is 1.47 bits per heavy atom. The summed E-state index contributed by atoms with van der Waals surface area (Å²) >= 11 is 0. The summed E-state index contributed by atoms with van der Waals surface area (Å²) in [7, 11) is 1.98. The highest BCUT2D eigenvalue weighted by molar-refractivity contribution is 5.33. The van der Waals surface area contributed by atoms with Crippen LogP contribution in [0.4, 0.5) is 5.82 Å². The Hall–Kier alpha value is -1.03. The molecule has 0 aliphatic carbocycles. The van der Waals surface area contributed by atoms with E-state index >= 15 is 0 Å². The van der Waals surface area contributed by atoms with Gasteiger partial charge in [0.15, 0.2) is 0 Å². The molecule has 96 valence electrons. The quantitative estimate of drug-likeness (QED) is 0.821. The average Bonchev–Trinajstić information content (AvgIpc) is 2.74. The predicted octanol–water partition coefficient (Wildman–Crippen LogP) is 2.00. The zero-order chi connectivity index (χ0) is 12.1. The number of rotatable bonds is 5. The van der Waals surface area contributed by atoms with Crippen molar-refractivity contribution in [2.45, 2.75) is 32.6 Å². The van der Waals surface area contributed by atoms with Gasteiger partial charge in [0.25, 0.3) is 0 Å². The minimum Gasteiger partial charge on any atom is -0.370 e. The largest absolute Gasteiger partial charge is 0.370 e. The van der Waals surface area contributed by atoms with Crippen molar-refractivity contribution in [3.8, 4) is 0 Å². The van der Waals surface area contributed by atoms with Gasteiger partial charge in [0.1, 0.15) is 5.82 Å². The lowest BCUT2D eigenvalue weighted by atomic mass is 9.75. The van der Waals surface area contributed by atoms with Crippen LogP contribution in [0.2, 0.25) is 0 Å². The SMILES string of the molecule is CCCC1(CNc2ccnn2C)CCNCC1. The Morgan fingerprint density at radius 2 is 2.24 bits per heavy atom. The van der Waals surface area contributed by atoms with Crippen molar-refractivity contribution in [3.05, 3.63) is 12.3 Å². The topological polar surface area (TPSA) is 41.9 Å². The number of piperidine rings is 1. The second-order valence-corrected chi connectivity index (χ2v) is 5.19. The first kappa shape index (κ1) is 12.4. The molecule has 2 N–H and O–H groups in total. The summed E-state index contributed by atoms with van der Waals surface area (Å²) in [5.41, 5.74) is 0.476. The zero-order valence-electron chi connectivity index (χ0n) is 11.0. The molecule has 0 bridgehead atoms. The van der Waals surface area contributed by atoms with Crippen LogP contribution in [0.25, 0.3) is 0 Å². The molecule has 0 amide bonds. The van der Waals surface area contributed by atoms with Gasteiger partial charge >= 0.3 is 0 Å². The van der Waals surface area contributed by atoms with E-state index < -0.39 is 0 Å². The Labute approximate surface area is 104 Å². The molecule has 0 spiro atoms. The van der Waals surface area contributed by atoms with E-state index in [-0.39, 0.29) is 0 Å². The molecule has 4 heteroatoms. The normalized spacial score (nSPS) is 19.2. The van der Waals surface area contributed by atoms with Crippen molar-refractivity contribution in [1.29, 1.82) is 0 Å². The molecule has 1 fully saturated rings. The van der Waals surface area contributed by atoms with Gasteiger partial charge in [0.05, 0.1) is 6.20 Å². The van der Waals surface area contributed by atoms with E-state index in [4.69, 9.17) is 0 Å². The number of nitrogens with zero attached hydrogens (tertiary/aromatic N) is 2. The summed E-state index contributed by atoms with van der Waals surface area (Å²) in [5, 5.41) is 11.2. The highest BCUT2D eigenvalue weighted by atomic mass is 15.3. The first-order chi connectivity index (χ1) is 8.26. The molecule has 4 nitrogen and oxygen atoms in total. The fourth-order valence-corrected chi connectivity index (χ4v) is 2.83. The van der Waals surface area contributed by atoms with Crippen LogP contribution in [0.3, 0.4) is 0 Å². The van der Waals surface area contributed by atoms with Crippen molar-refractivity contribution < 1.29 is 0 Å². The molecule has 0 radical (unpaired) electrons. The highest BCUT2D eigenvalue weighted by Gasteiger charge is 2.30. The minimum absolute atomic E-state index is 0.476. The van der Waals surface area contributed by atoms with Crippen LogP contribution in [0.5, 0.6) is 0 Å². The first-order valence-electron chi connectivity index (χ1n) is 6.68. The van der Waals surface area contributed by atoms with E-state index in [1.807, 2.05) is 24.0 Å². The monoisotopic (exact) mass is 236 g/mol. The second-order valence-electron chi connectivity index (χ2n) is 5.19. The number of anilines is 1. The van der Waals surface area contributed by atoms with E-state index in [9.17, 15) is 0 Å². The van der Waals surface area contributed by atoms with Gasteiger partial charge in [-0.25, -0.2) is 0 Å². The molecule has 1 saturated heterocycles. The number of nitrogens with one attached hydrogen (secondary N) is 2. The fourth-order valence-electron chi connectivity index (χ4n) is 2.83. The summed E-state index contributed by atoms with van der Waals surface area (Å²) in [6.45, 7) is 5.68. The maximum Gasteiger partial charge on any atom is 0.123 e. The maximum atomic E-state index is 4.19. The van der Waals surface area contributed by atoms with E-state index in [0.717, 1.165) is 25.5 Å². The molecule has 0 atom stereocenters. The summed E-state index contributed by atoms with van der Waals surface area (Å²) in [6.07, 6.45) is 7.00. The van der Waals surface area contributed by atoms with Gasteiger partial charge in [-0.15, -0.1) is 0 Å². The first-order valence-corrected chi connectivity index (χ1v) is 6.68. The Balaban J connectivity index is 1.95. The molecule has 1 aromatic heterocycles. The van der Waals surface area contributed by atoms with Gasteiger partial charge in [0, 0.05) is 19.7 Å². The van der Waals surface area contributed by atoms with Crippen LogP contribution < -0.4 is 10.6 Å². The van der Waals surface area contributed by atoms with Gasteiger partial charge in [-0.05, 0) is 37.8 Å². The number of hydrogen-bond donors (Lipinski definition) is 2. The van der Waals surface area contributed by atoms with Crippen LogP contribution >= 0.6 is 0 Å². The Bertz CT molecular complexity index is 333.